The number of methoxy groups -OCH3 is 1. The zero-order valence-electron chi connectivity index (χ0n) is 11.9. The van der Waals surface area contributed by atoms with Gasteiger partial charge < -0.3 is 14.2 Å². The van der Waals surface area contributed by atoms with Crippen LogP contribution in [0.5, 0.6) is 0 Å². The highest BCUT2D eigenvalue weighted by molar-refractivity contribution is 5.92. The fourth-order valence-corrected chi connectivity index (χ4v) is 2.21. The van der Waals surface area contributed by atoms with Crippen molar-refractivity contribution in [2.24, 2.45) is 7.05 Å². The Morgan fingerprint density at radius 2 is 2.00 bits per heavy atom. The third-order valence-electron chi connectivity index (χ3n) is 3.44. The Labute approximate surface area is 118 Å². The van der Waals surface area contributed by atoms with Crippen LogP contribution in [0.25, 0.3) is 0 Å². The van der Waals surface area contributed by atoms with Gasteiger partial charge in [0.05, 0.1) is 19.9 Å². The molecule has 0 unspecified atom stereocenters. The smallest absolute Gasteiger partial charge is 0.306 e. The molecule has 7 heteroatoms. The van der Waals surface area contributed by atoms with E-state index in [0.717, 1.165) is 13.1 Å². The summed E-state index contributed by atoms with van der Waals surface area (Å²) in [6.45, 7) is 3.55. The summed E-state index contributed by atoms with van der Waals surface area (Å²) in [5.41, 5.74) is 0.482. The summed E-state index contributed by atoms with van der Waals surface area (Å²) in [6.07, 6.45) is 3.75. The summed E-state index contributed by atoms with van der Waals surface area (Å²) < 4.78 is 6.38. The quantitative estimate of drug-likeness (QED) is 0.711. The van der Waals surface area contributed by atoms with E-state index in [-0.39, 0.29) is 11.9 Å². The van der Waals surface area contributed by atoms with Crippen LogP contribution in [0, 0.1) is 0 Å². The van der Waals surface area contributed by atoms with Crippen molar-refractivity contribution in [1.29, 1.82) is 0 Å². The van der Waals surface area contributed by atoms with Gasteiger partial charge in [-0.05, 0) is 0 Å². The largest absolute Gasteiger partial charge is 0.469 e. The summed E-state index contributed by atoms with van der Waals surface area (Å²) in [5, 5.41) is 0. The number of ether oxygens (including phenoxy) is 1. The molecule has 1 aliphatic rings. The third-order valence-corrected chi connectivity index (χ3v) is 3.44. The maximum atomic E-state index is 12.2. The molecule has 20 heavy (non-hydrogen) atoms. The normalized spacial score (nSPS) is 16.2. The number of esters is 1. The van der Waals surface area contributed by atoms with Crippen LogP contribution < -0.4 is 0 Å². The van der Waals surface area contributed by atoms with Gasteiger partial charge >= 0.3 is 5.97 Å². The second-order valence-corrected chi connectivity index (χ2v) is 4.88. The number of piperazine rings is 1. The second-order valence-electron chi connectivity index (χ2n) is 4.88. The Morgan fingerprint density at radius 1 is 1.30 bits per heavy atom. The van der Waals surface area contributed by atoms with Gasteiger partial charge in [-0.15, -0.1) is 0 Å². The predicted molar refractivity (Wildman–Crippen MR) is 72.2 cm³/mol. The highest BCUT2D eigenvalue weighted by atomic mass is 16.5. The minimum Gasteiger partial charge on any atom is -0.469 e. The number of rotatable bonds is 4. The van der Waals surface area contributed by atoms with Crippen molar-refractivity contribution >= 4 is 11.9 Å². The number of amides is 1. The number of carbonyl (C=O) groups is 2. The van der Waals surface area contributed by atoms with Crippen LogP contribution >= 0.6 is 0 Å². The van der Waals surface area contributed by atoms with Gasteiger partial charge in [0.25, 0.3) is 5.91 Å². The van der Waals surface area contributed by atoms with Crippen molar-refractivity contribution in [2.75, 3.05) is 39.8 Å². The third kappa shape index (κ3) is 3.57. The minimum atomic E-state index is -0.197. The van der Waals surface area contributed by atoms with E-state index >= 15 is 0 Å². The molecule has 0 aliphatic carbocycles. The molecular weight excluding hydrogens is 260 g/mol. The van der Waals surface area contributed by atoms with Crippen LogP contribution in [0.1, 0.15) is 16.9 Å². The molecule has 110 valence electrons. The van der Waals surface area contributed by atoms with Gasteiger partial charge in [-0.3, -0.25) is 14.5 Å². The van der Waals surface area contributed by atoms with Crippen LogP contribution in [0.4, 0.5) is 0 Å². The molecule has 1 saturated heterocycles. The van der Waals surface area contributed by atoms with E-state index < -0.39 is 0 Å². The topological polar surface area (TPSA) is 67.7 Å². The maximum absolute atomic E-state index is 12.2. The summed E-state index contributed by atoms with van der Waals surface area (Å²) in [6, 6.07) is 0. The Bertz CT molecular complexity index is 478. The molecule has 1 aromatic rings. The van der Waals surface area contributed by atoms with E-state index in [2.05, 4.69) is 14.6 Å². The van der Waals surface area contributed by atoms with Crippen LogP contribution in [0.15, 0.2) is 12.5 Å². The van der Waals surface area contributed by atoms with Gasteiger partial charge in [0.15, 0.2) is 0 Å². The van der Waals surface area contributed by atoms with Crippen LogP contribution in [0.3, 0.4) is 0 Å². The van der Waals surface area contributed by atoms with E-state index in [1.165, 1.54) is 7.11 Å². The standard InChI is InChI=1S/C13H20N4O3/c1-15-9-11(14-10-15)13(19)17-7-5-16(6-8-17)4-3-12(18)20-2/h9-10H,3-8H2,1-2H3. The fourth-order valence-electron chi connectivity index (χ4n) is 2.21. The average Bonchev–Trinajstić information content (AvgIpc) is 2.91. The van der Waals surface area contributed by atoms with Crippen molar-refractivity contribution in [2.45, 2.75) is 6.42 Å². The molecule has 0 N–H and O–H groups in total. The molecule has 0 spiro atoms. The molecule has 2 rings (SSSR count). The second kappa shape index (κ2) is 6.51. The number of hydrogen-bond acceptors (Lipinski definition) is 5. The van der Waals surface area contributed by atoms with E-state index in [0.29, 0.717) is 31.7 Å². The Balaban J connectivity index is 1.79. The zero-order valence-corrected chi connectivity index (χ0v) is 11.9. The molecule has 1 fully saturated rings. The first-order valence-corrected chi connectivity index (χ1v) is 6.66. The number of imidazole rings is 1. The first-order valence-electron chi connectivity index (χ1n) is 6.66. The lowest BCUT2D eigenvalue weighted by atomic mass is 10.2. The molecule has 0 bridgehead atoms. The molecular formula is C13H20N4O3. The highest BCUT2D eigenvalue weighted by Crippen LogP contribution is 2.07. The lowest BCUT2D eigenvalue weighted by Gasteiger charge is -2.34. The van der Waals surface area contributed by atoms with E-state index in [9.17, 15) is 9.59 Å². The highest BCUT2D eigenvalue weighted by Gasteiger charge is 2.23. The van der Waals surface area contributed by atoms with Crippen molar-refractivity contribution in [1.82, 2.24) is 19.4 Å². The van der Waals surface area contributed by atoms with Crippen LogP contribution in [-0.2, 0) is 16.6 Å². The zero-order chi connectivity index (χ0) is 14.5. The minimum absolute atomic E-state index is 0.0294. The van der Waals surface area contributed by atoms with Crippen LogP contribution in [-0.4, -0.2) is 71.1 Å². The maximum Gasteiger partial charge on any atom is 0.306 e. The first-order chi connectivity index (χ1) is 9.60. The SMILES string of the molecule is COC(=O)CCN1CCN(C(=O)c2cn(C)cn2)CC1. The molecule has 0 aromatic carbocycles. The Morgan fingerprint density at radius 3 is 2.55 bits per heavy atom. The van der Waals surface area contributed by atoms with Crippen LogP contribution in [0.2, 0.25) is 0 Å². The number of aromatic nitrogens is 2. The molecule has 1 amide bonds. The lowest BCUT2D eigenvalue weighted by molar-refractivity contribution is -0.141. The molecule has 0 saturated carbocycles. The van der Waals surface area contributed by atoms with E-state index in [1.54, 1.807) is 22.0 Å². The summed E-state index contributed by atoms with van der Waals surface area (Å²) in [5.74, 6) is -0.227. The van der Waals surface area contributed by atoms with Gasteiger partial charge in [-0.25, -0.2) is 4.98 Å². The van der Waals surface area contributed by atoms with Crippen molar-refractivity contribution in [3.63, 3.8) is 0 Å². The summed E-state index contributed by atoms with van der Waals surface area (Å²) in [7, 11) is 3.24. The van der Waals surface area contributed by atoms with E-state index in [1.807, 2.05) is 7.05 Å². The molecule has 7 nitrogen and oxygen atoms in total. The number of aryl methyl sites for hydroxylation is 1. The van der Waals surface area contributed by atoms with Gasteiger partial charge in [0.2, 0.25) is 0 Å². The molecule has 1 aromatic heterocycles. The lowest BCUT2D eigenvalue weighted by Crippen LogP contribution is -2.49. The van der Waals surface area contributed by atoms with Gasteiger partial charge in [0.1, 0.15) is 5.69 Å². The van der Waals surface area contributed by atoms with Crippen molar-refractivity contribution in [3.8, 4) is 0 Å². The first kappa shape index (κ1) is 14.5. The molecule has 0 radical (unpaired) electrons. The fraction of sp³-hybridized carbons (Fsp3) is 0.615. The molecule has 0 atom stereocenters. The number of carbonyl (C=O) groups excluding carboxylic acids is 2. The Hall–Kier alpha value is -1.89. The monoisotopic (exact) mass is 280 g/mol. The van der Waals surface area contributed by atoms with Gasteiger partial charge in [-0.1, -0.05) is 0 Å². The predicted octanol–water partition coefficient (Wildman–Crippen LogP) is -0.259. The Kier molecular flexibility index (Phi) is 4.73. The molecule has 2 heterocycles. The van der Waals surface area contributed by atoms with E-state index in [4.69, 9.17) is 0 Å². The van der Waals surface area contributed by atoms with Gasteiger partial charge in [-0.2, -0.15) is 0 Å². The average molecular weight is 280 g/mol. The molecule has 1 aliphatic heterocycles. The van der Waals surface area contributed by atoms with Gasteiger partial charge in [0, 0.05) is 46.0 Å². The summed E-state index contributed by atoms with van der Waals surface area (Å²) >= 11 is 0. The number of hydrogen-bond donors (Lipinski definition) is 0. The van der Waals surface area contributed by atoms with Crippen molar-refractivity contribution in [3.05, 3.63) is 18.2 Å². The van der Waals surface area contributed by atoms with Crippen molar-refractivity contribution < 1.29 is 14.3 Å². The summed E-state index contributed by atoms with van der Waals surface area (Å²) in [4.78, 5) is 31.3. The number of nitrogens with zero attached hydrogens (tertiary/aromatic N) is 4.